The van der Waals surface area contributed by atoms with E-state index in [0.717, 1.165) is 90.8 Å². The molecule has 0 radical (unpaired) electrons. The molecule has 0 spiro atoms. The predicted octanol–water partition coefficient (Wildman–Crippen LogP) is 17.5. The molecule has 0 amide bonds. The Balaban J connectivity index is 0.0000000939. The van der Waals surface area contributed by atoms with Gasteiger partial charge in [-0.2, -0.15) is 5.26 Å². The van der Waals surface area contributed by atoms with Gasteiger partial charge < -0.3 is 57.6 Å². The van der Waals surface area contributed by atoms with E-state index in [9.17, 15) is 53.1 Å². The highest BCUT2D eigenvalue weighted by molar-refractivity contribution is 5.88. The van der Waals surface area contributed by atoms with Crippen molar-refractivity contribution in [2.45, 2.75) is 292 Å². The number of carbonyl (C=O) groups is 10. The Morgan fingerprint density at radius 3 is 0.874 bits per heavy atom. The lowest BCUT2D eigenvalue weighted by molar-refractivity contribution is -0.186. The summed E-state index contributed by atoms with van der Waals surface area (Å²) in [7, 11) is 0. The summed E-state index contributed by atoms with van der Waals surface area (Å²) >= 11 is 0. The number of hydrogen-bond acceptors (Lipinski definition) is 23. The standard InChI is InChI=1S/C30H40O6.C29H39NO4.C28H40O5.C22H30O6.C11H18O/c1-12-13(2)20-9-19(12)24-21-10-22(25(20)24)27(26(21)29(32)35-18-8-23(31)34-11-18)30(33)36-28-16-4-14-3-15(6-16)7-17(28)5-14;1-13-14(2)20-11-19(13)23-21-12-22(24(20)23)26(25(21)28(31)33-5-3-4-30)29(32)34-27-17-7-15-6-16(9-17)10-18(27)8-15;1-12-13(2)19-10-18(12)22-20-11-21(23(19)22)25(24(20)27(30)32-4-3-29)28(31)33-26-16-6-14-5-15(8-16)9-17(26)7-14;1-4-26-21(24)18-13-8-14(17-12-7-11(16(13)17)9(2)10(12)3)19(18)22(25)28-15-5-6-27-20(15)23;12-6-7-3-10-8-1-2-9(5-8)11(10)4-7/h12-22,24-28H,3-11H2,1-2H3;13-27H,3,5-12H2,1-2H3;12-26,29H,3-11H2,1-2H3;9-19H,4-8H2,1-3H3;7-12H,1-6H2. The van der Waals surface area contributed by atoms with Gasteiger partial charge in [0.15, 0.2) is 0 Å². The predicted molar refractivity (Wildman–Crippen MR) is 517 cm³/mol. The van der Waals surface area contributed by atoms with Crippen LogP contribution in [0.2, 0.25) is 0 Å². The second kappa shape index (κ2) is 37.0. The summed E-state index contributed by atoms with van der Waals surface area (Å²) in [5.74, 6) is 25.0. The number of ether oxygens (including phenoxy) is 10. The summed E-state index contributed by atoms with van der Waals surface area (Å²) in [4.78, 5) is 132. The molecule has 0 aromatic carbocycles. The maximum absolute atomic E-state index is 14.1. The van der Waals surface area contributed by atoms with Crippen molar-refractivity contribution in [2.75, 3.05) is 46.2 Å². The molecule has 784 valence electrons. The fourth-order valence-electron chi connectivity index (χ4n) is 47.1. The number of aliphatic hydroxyl groups is 2. The Kier molecular flexibility index (Phi) is 25.0. The van der Waals surface area contributed by atoms with E-state index in [4.69, 9.17) is 57.7 Å². The van der Waals surface area contributed by atoms with Crippen LogP contribution in [-0.4, -0.2) is 147 Å². The van der Waals surface area contributed by atoms with Crippen LogP contribution in [0.4, 0.5) is 0 Å². The molecule has 2 saturated heterocycles. The van der Waals surface area contributed by atoms with Gasteiger partial charge in [-0.15, -0.1) is 0 Å². The zero-order chi connectivity index (χ0) is 98.2. The first-order valence-corrected chi connectivity index (χ1v) is 59.5. The highest BCUT2D eigenvalue weighted by Gasteiger charge is 2.78. The van der Waals surface area contributed by atoms with Crippen LogP contribution >= 0.6 is 0 Å². The summed E-state index contributed by atoms with van der Waals surface area (Å²) in [6.45, 7) is 22.1. The number of nitriles is 1. The molecular weight excluding hydrogens is 1810 g/mol. The molecule has 33 fully saturated rings. The van der Waals surface area contributed by atoms with E-state index in [2.05, 4.69) is 61.5 Å². The van der Waals surface area contributed by atoms with E-state index in [1.54, 1.807) is 6.92 Å². The second-order valence-electron chi connectivity index (χ2n) is 55.9. The Hall–Kier alpha value is -5.89. The lowest BCUT2D eigenvalue weighted by Crippen LogP contribution is -2.52. The molecule has 0 aromatic heterocycles. The zero-order valence-corrected chi connectivity index (χ0v) is 86.7. The molecule has 2 heterocycles. The normalized spacial score (nSPS) is 55.3. The average Bonchev–Trinajstić information content (AvgIpc) is 1.53. The molecule has 33 aliphatic rings. The molecule has 30 bridgehead atoms. The molecule has 2 aliphatic heterocycles. The topological polar surface area (TPSA) is 327 Å². The first-order valence-electron chi connectivity index (χ1n) is 59.5. The van der Waals surface area contributed by atoms with Crippen LogP contribution in [0.3, 0.4) is 0 Å². The van der Waals surface area contributed by atoms with Crippen molar-refractivity contribution in [3.63, 3.8) is 0 Å². The van der Waals surface area contributed by atoms with E-state index >= 15 is 0 Å². The number of cyclic esters (lactones) is 2. The summed E-state index contributed by atoms with van der Waals surface area (Å²) in [5.41, 5.74) is 0. The third-order valence-electron chi connectivity index (χ3n) is 51.4. The van der Waals surface area contributed by atoms with Crippen molar-refractivity contribution in [3.8, 4) is 6.07 Å². The molecule has 23 heteroatoms. The van der Waals surface area contributed by atoms with Crippen LogP contribution in [0.15, 0.2) is 0 Å². The van der Waals surface area contributed by atoms with Gasteiger partial charge >= 0.3 is 59.7 Å². The lowest BCUT2D eigenvalue weighted by atomic mass is 9.55. The fraction of sp³-hybridized carbons (Fsp3) is 0.908. The number of hydrogen-bond donors (Lipinski definition) is 2. The first-order chi connectivity index (χ1) is 69.1. The number of nitrogens with zero attached hydrogens (tertiary/aromatic N) is 1. The van der Waals surface area contributed by atoms with Gasteiger partial charge in [-0.25, -0.2) is 4.79 Å². The minimum absolute atomic E-state index is 0.0254. The summed E-state index contributed by atoms with van der Waals surface area (Å²) in [6, 6.07) is 2.07. The van der Waals surface area contributed by atoms with Gasteiger partial charge in [0.2, 0.25) is 6.10 Å². The quantitative estimate of drug-likeness (QED) is 0.0525. The SMILES string of the molecule is CC1C(C)C2CC1C1C3CC(C(C(=O)OC4C5CC6CC(C5)CC4C6)C3C(=O)OC3COC(=O)C3)C21.CC1C(C)C2CC1C1C3CC(C(C(=O)OC4C5CC6CC(C5)CC4C6)C3C(=O)OCCC#N)C21.CC1C(C)C2CC1C1C3CC(C(C(=O)OC4C5CC6CC(C5)CC4C6)C3C(=O)OCCO)C21.CCOC(=O)C1C2CC(C1C(=O)OC1CCOC1=O)C1C3CC(C(C)C3C)C21.OCC1CC2C3CCC(C3)C2C1. The lowest BCUT2D eigenvalue weighted by Gasteiger charge is -2.54. The van der Waals surface area contributed by atoms with E-state index in [1.165, 1.54) is 154 Å². The Labute approximate surface area is 847 Å². The van der Waals surface area contributed by atoms with Crippen LogP contribution in [0, 0.1) is 349 Å². The molecule has 46 unspecified atom stereocenters. The molecule has 143 heavy (non-hydrogen) atoms. The van der Waals surface area contributed by atoms with Crippen molar-refractivity contribution >= 4 is 59.7 Å². The average molecular weight is 1980 g/mol. The molecule has 33 rings (SSSR count). The molecule has 46 atom stereocenters. The maximum atomic E-state index is 14.1. The van der Waals surface area contributed by atoms with Gasteiger partial charge in [0.1, 0.15) is 44.2 Å². The highest BCUT2D eigenvalue weighted by Crippen LogP contribution is 2.79. The Bertz CT molecular complexity index is 4880. The summed E-state index contributed by atoms with van der Waals surface area (Å²) in [5, 5.41) is 27.2. The van der Waals surface area contributed by atoms with Crippen LogP contribution in [0.25, 0.3) is 0 Å². The molecule has 31 aliphatic carbocycles. The van der Waals surface area contributed by atoms with Gasteiger partial charge in [-0.05, 0) is 477 Å². The largest absolute Gasteiger partial charge is 0.466 e. The number of fused-ring (bicyclic) bond motifs is 41. The van der Waals surface area contributed by atoms with E-state index in [-0.39, 0.29) is 182 Å². The van der Waals surface area contributed by atoms with Gasteiger partial charge in [-0.3, -0.25) is 43.2 Å². The van der Waals surface area contributed by atoms with Gasteiger partial charge in [-0.1, -0.05) is 55.4 Å². The van der Waals surface area contributed by atoms with Crippen molar-refractivity contribution in [1.82, 2.24) is 0 Å². The number of esters is 10. The smallest absolute Gasteiger partial charge is 0.347 e. The van der Waals surface area contributed by atoms with Crippen LogP contribution in [-0.2, 0) is 95.3 Å². The van der Waals surface area contributed by atoms with Crippen molar-refractivity contribution in [3.05, 3.63) is 0 Å². The summed E-state index contributed by atoms with van der Waals surface area (Å²) < 4.78 is 57.2. The monoisotopic (exact) mass is 1970 g/mol. The third kappa shape index (κ3) is 15.3. The molecular formula is C120H167NO22. The van der Waals surface area contributed by atoms with Crippen molar-refractivity contribution in [1.29, 1.82) is 5.26 Å². The zero-order valence-electron chi connectivity index (χ0n) is 86.7. The molecule has 2 N–H and O–H groups in total. The van der Waals surface area contributed by atoms with Crippen LogP contribution in [0.5, 0.6) is 0 Å². The summed E-state index contributed by atoms with van der Waals surface area (Å²) in [6.07, 6.45) is 34.6. The minimum Gasteiger partial charge on any atom is -0.466 e. The Morgan fingerprint density at radius 2 is 0.601 bits per heavy atom. The molecule has 23 nitrogen and oxygen atoms in total. The molecule has 31 saturated carbocycles. The third-order valence-corrected chi connectivity index (χ3v) is 51.4. The number of carbonyl (C=O) groups excluding carboxylic acids is 10. The number of aliphatic hydroxyl groups excluding tert-OH is 2. The Morgan fingerprint density at radius 1 is 0.315 bits per heavy atom. The van der Waals surface area contributed by atoms with Crippen molar-refractivity contribution < 1.29 is 106 Å². The van der Waals surface area contributed by atoms with Gasteiger partial charge in [0, 0.05) is 13.0 Å². The highest BCUT2D eigenvalue weighted by atomic mass is 16.6. The second-order valence-corrected chi connectivity index (χ2v) is 55.9. The fourth-order valence-corrected chi connectivity index (χ4v) is 47.1. The van der Waals surface area contributed by atoms with E-state index in [0.29, 0.717) is 204 Å². The number of rotatable bonds is 19. The van der Waals surface area contributed by atoms with Crippen LogP contribution in [0.1, 0.15) is 261 Å². The van der Waals surface area contributed by atoms with Crippen molar-refractivity contribution in [2.24, 2.45) is 337 Å². The van der Waals surface area contributed by atoms with Gasteiger partial charge in [0.25, 0.3) is 0 Å². The van der Waals surface area contributed by atoms with Gasteiger partial charge in [0.05, 0.1) is 86.1 Å². The van der Waals surface area contributed by atoms with E-state index < -0.39 is 41.9 Å². The first kappa shape index (κ1) is 96.7. The van der Waals surface area contributed by atoms with Crippen LogP contribution < -0.4 is 0 Å². The molecule has 0 aromatic rings. The minimum atomic E-state index is -0.816. The van der Waals surface area contributed by atoms with E-state index in [1.807, 2.05) is 0 Å². The maximum Gasteiger partial charge on any atom is 0.347 e.